The standard InChI is InChI=1S/C22H26N4O2/c1-2-19-12-18(13-23)8-9-21(19)24-22(28)26-11-10-25(15-20(26)16-27)14-17-6-4-3-5-7-17/h3-9,12,20,27H,2,10-11,14-16H2,1H3,(H,24,28)/t20-/m0/s1. The maximum absolute atomic E-state index is 12.8. The van der Waals surface area contributed by atoms with E-state index in [1.54, 1.807) is 23.1 Å². The Labute approximate surface area is 166 Å². The van der Waals surface area contributed by atoms with Crippen LogP contribution in [0.25, 0.3) is 0 Å². The Bertz CT molecular complexity index is 847. The molecule has 0 aromatic heterocycles. The highest BCUT2D eigenvalue weighted by atomic mass is 16.3. The highest BCUT2D eigenvalue weighted by Gasteiger charge is 2.30. The van der Waals surface area contributed by atoms with Crippen LogP contribution in [0.5, 0.6) is 0 Å². The van der Waals surface area contributed by atoms with Crippen LogP contribution in [-0.4, -0.2) is 53.2 Å². The molecule has 0 bridgehead atoms. The van der Waals surface area contributed by atoms with Crippen molar-refractivity contribution in [3.63, 3.8) is 0 Å². The summed E-state index contributed by atoms with van der Waals surface area (Å²) in [4.78, 5) is 16.8. The molecule has 1 aliphatic heterocycles. The Kier molecular flexibility index (Phi) is 6.64. The molecule has 2 aromatic rings. The summed E-state index contributed by atoms with van der Waals surface area (Å²) in [7, 11) is 0. The van der Waals surface area contributed by atoms with Gasteiger partial charge in [-0.2, -0.15) is 5.26 Å². The highest BCUT2D eigenvalue weighted by molar-refractivity contribution is 5.90. The van der Waals surface area contributed by atoms with E-state index in [1.807, 2.05) is 25.1 Å². The number of urea groups is 1. The van der Waals surface area contributed by atoms with Crippen molar-refractivity contribution in [1.29, 1.82) is 5.26 Å². The number of aliphatic hydroxyl groups excluding tert-OH is 1. The van der Waals surface area contributed by atoms with Crippen molar-refractivity contribution in [1.82, 2.24) is 9.80 Å². The molecule has 1 aliphatic rings. The quantitative estimate of drug-likeness (QED) is 0.838. The van der Waals surface area contributed by atoms with Crippen molar-refractivity contribution < 1.29 is 9.90 Å². The molecule has 2 aromatic carbocycles. The van der Waals surface area contributed by atoms with Crippen LogP contribution in [0.1, 0.15) is 23.6 Å². The minimum atomic E-state index is -0.249. The Morgan fingerprint density at radius 2 is 2.04 bits per heavy atom. The van der Waals surface area contributed by atoms with Gasteiger partial charge in [0, 0.05) is 31.9 Å². The zero-order valence-electron chi connectivity index (χ0n) is 16.1. The summed E-state index contributed by atoms with van der Waals surface area (Å²) >= 11 is 0. The number of amides is 2. The molecule has 1 saturated heterocycles. The van der Waals surface area contributed by atoms with Crippen molar-refractivity contribution in [2.75, 3.05) is 31.6 Å². The monoisotopic (exact) mass is 378 g/mol. The van der Waals surface area contributed by atoms with E-state index in [0.717, 1.165) is 30.8 Å². The van der Waals surface area contributed by atoms with Crippen molar-refractivity contribution in [2.24, 2.45) is 0 Å². The molecule has 6 nitrogen and oxygen atoms in total. The number of nitriles is 1. The average molecular weight is 378 g/mol. The minimum Gasteiger partial charge on any atom is -0.394 e. The summed E-state index contributed by atoms with van der Waals surface area (Å²) in [6, 6.07) is 17.2. The number of benzene rings is 2. The Hall–Kier alpha value is -2.88. The van der Waals surface area contributed by atoms with Crippen LogP contribution in [0.3, 0.4) is 0 Å². The second-order valence-corrected chi connectivity index (χ2v) is 7.02. The van der Waals surface area contributed by atoms with Gasteiger partial charge in [0.15, 0.2) is 0 Å². The van der Waals surface area contributed by atoms with Crippen molar-refractivity contribution in [2.45, 2.75) is 25.9 Å². The van der Waals surface area contributed by atoms with E-state index in [2.05, 4.69) is 28.4 Å². The second kappa shape index (κ2) is 9.36. The molecule has 3 rings (SSSR count). The van der Waals surface area contributed by atoms with E-state index in [0.29, 0.717) is 18.7 Å². The average Bonchev–Trinajstić information content (AvgIpc) is 2.74. The maximum Gasteiger partial charge on any atom is 0.322 e. The molecule has 0 radical (unpaired) electrons. The molecular formula is C22H26N4O2. The summed E-state index contributed by atoms with van der Waals surface area (Å²) in [5.74, 6) is 0. The van der Waals surface area contributed by atoms with Crippen LogP contribution in [0.2, 0.25) is 0 Å². The number of aliphatic hydroxyl groups is 1. The zero-order chi connectivity index (χ0) is 19.9. The molecule has 146 valence electrons. The van der Waals surface area contributed by atoms with Gasteiger partial charge in [-0.25, -0.2) is 4.79 Å². The summed E-state index contributed by atoms with van der Waals surface area (Å²) < 4.78 is 0. The number of carbonyl (C=O) groups excluding carboxylic acids is 1. The molecule has 2 N–H and O–H groups in total. The highest BCUT2D eigenvalue weighted by Crippen LogP contribution is 2.20. The fraction of sp³-hybridized carbons (Fsp3) is 0.364. The molecule has 1 atom stereocenters. The second-order valence-electron chi connectivity index (χ2n) is 7.02. The first kappa shape index (κ1) is 19.9. The first-order valence-electron chi connectivity index (χ1n) is 9.62. The first-order chi connectivity index (χ1) is 13.6. The van der Waals surface area contributed by atoms with Gasteiger partial charge in [0.05, 0.1) is 24.3 Å². The molecule has 0 unspecified atom stereocenters. The van der Waals surface area contributed by atoms with Crippen molar-refractivity contribution >= 4 is 11.7 Å². The lowest BCUT2D eigenvalue weighted by atomic mass is 10.1. The summed E-state index contributed by atoms with van der Waals surface area (Å²) in [5, 5.41) is 21.9. The van der Waals surface area contributed by atoms with Gasteiger partial charge >= 0.3 is 6.03 Å². The largest absolute Gasteiger partial charge is 0.394 e. The topological polar surface area (TPSA) is 79.6 Å². The van der Waals surface area contributed by atoms with Gasteiger partial charge in [-0.05, 0) is 35.7 Å². The SMILES string of the molecule is CCc1cc(C#N)ccc1NC(=O)N1CCN(Cc2ccccc2)C[C@H]1CO. The van der Waals surface area contributed by atoms with Gasteiger partial charge in [0.2, 0.25) is 0 Å². The number of nitrogens with one attached hydrogen (secondary N) is 1. The molecule has 0 spiro atoms. The van der Waals surface area contributed by atoms with Gasteiger partial charge in [-0.3, -0.25) is 4.90 Å². The molecule has 28 heavy (non-hydrogen) atoms. The normalized spacial score (nSPS) is 17.2. The van der Waals surface area contributed by atoms with Gasteiger partial charge in [-0.15, -0.1) is 0 Å². The lowest BCUT2D eigenvalue weighted by Gasteiger charge is -2.40. The van der Waals surface area contributed by atoms with Crippen molar-refractivity contribution in [3.05, 3.63) is 65.2 Å². The van der Waals surface area contributed by atoms with Gasteiger partial charge in [0.1, 0.15) is 0 Å². The number of piperazine rings is 1. The van der Waals surface area contributed by atoms with Crippen LogP contribution < -0.4 is 5.32 Å². The maximum atomic E-state index is 12.8. The molecule has 1 fully saturated rings. The minimum absolute atomic E-state index is 0.0767. The summed E-state index contributed by atoms with van der Waals surface area (Å²) in [6.07, 6.45) is 0.722. The Balaban J connectivity index is 1.65. The molecule has 0 saturated carbocycles. The van der Waals surface area contributed by atoms with Crippen LogP contribution in [0.15, 0.2) is 48.5 Å². The lowest BCUT2D eigenvalue weighted by molar-refractivity contribution is 0.0623. The molecule has 2 amide bonds. The predicted molar refractivity (Wildman–Crippen MR) is 109 cm³/mol. The Morgan fingerprint density at radius 3 is 2.71 bits per heavy atom. The third-order valence-corrected chi connectivity index (χ3v) is 5.14. The van der Waals surface area contributed by atoms with Crippen molar-refractivity contribution in [3.8, 4) is 6.07 Å². The number of rotatable bonds is 5. The van der Waals surface area contributed by atoms with Crippen LogP contribution >= 0.6 is 0 Å². The lowest BCUT2D eigenvalue weighted by Crippen LogP contribution is -2.57. The van der Waals surface area contributed by atoms with E-state index in [-0.39, 0.29) is 18.7 Å². The molecule has 6 heteroatoms. The summed E-state index contributed by atoms with van der Waals surface area (Å²) in [5.41, 5.74) is 3.45. The van der Waals surface area contributed by atoms with Crippen LogP contribution in [0, 0.1) is 11.3 Å². The number of carbonyl (C=O) groups is 1. The molecule has 1 heterocycles. The van der Waals surface area contributed by atoms with E-state index < -0.39 is 0 Å². The van der Waals surface area contributed by atoms with Gasteiger partial charge in [0.25, 0.3) is 0 Å². The van der Waals surface area contributed by atoms with Gasteiger partial charge < -0.3 is 15.3 Å². The third-order valence-electron chi connectivity index (χ3n) is 5.14. The fourth-order valence-electron chi connectivity index (χ4n) is 3.59. The summed E-state index contributed by atoms with van der Waals surface area (Å²) in [6.45, 7) is 4.67. The van der Waals surface area contributed by atoms with E-state index in [9.17, 15) is 9.90 Å². The van der Waals surface area contributed by atoms with Crippen LogP contribution in [-0.2, 0) is 13.0 Å². The zero-order valence-corrected chi connectivity index (χ0v) is 16.1. The van der Waals surface area contributed by atoms with Crippen LogP contribution in [0.4, 0.5) is 10.5 Å². The molecular weight excluding hydrogens is 352 g/mol. The predicted octanol–water partition coefficient (Wildman–Crippen LogP) is 2.83. The first-order valence-corrected chi connectivity index (χ1v) is 9.62. The van der Waals surface area contributed by atoms with E-state index >= 15 is 0 Å². The van der Waals surface area contributed by atoms with Gasteiger partial charge in [-0.1, -0.05) is 37.3 Å². The fourth-order valence-corrected chi connectivity index (χ4v) is 3.59. The van der Waals surface area contributed by atoms with E-state index in [4.69, 9.17) is 5.26 Å². The number of aryl methyl sites for hydroxylation is 1. The smallest absolute Gasteiger partial charge is 0.322 e. The molecule has 0 aliphatic carbocycles. The van der Waals surface area contributed by atoms with E-state index in [1.165, 1.54) is 5.56 Å². The number of anilines is 1. The third kappa shape index (κ3) is 4.69. The number of hydrogen-bond acceptors (Lipinski definition) is 4. The number of nitrogens with zero attached hydrogens (tertiary/aromatic N) is 3. The Morgan fingerprint density at radius 1 is 1.25 bits per heavy atom. The number of hydrogen-bond donors (Lipinski definition) is 2.